The third-order valence-electron chi connectivity index (χ3n) is 4.01. The van der Waals surface area contributed by atoms with Crippen LogP contribution in [0.25, 0.3) is 11.1 Å². The first kappa shape index (κ1) is 18.8. The Hall–Kier alpha value is -2.98. The maximum atomic E-state index is 6.01. The summed E-state index contributed by atoms with van der Waals surface area (Å²) >= 11 is 0. The summed E-state index contributed by atoms with van der Waals surface area (Å²) in [6.07, 6.45) is 1.01. The average Bonchev–Trinajstić information content (AvgIpc) is 2.70. The molecule has 0 amide bonds. The van der Waals surface area contributed by atoms with Gasteiger partial charge in [0.2, 0.25) is 0 Å². The van der Waals surface area contributed by atoms with Crippen LogP contribution < -0.4 is 15.2 Å². The first-order valence-corrected chi connectivity index (χ1v) is 9.19. The molecule has 0 saturated heterocycles. The van der Waals surface area contributed by atoms with Gasteiger partial charge in [-0.1, -0.05) is 43.3 Å². The van der Waals surface area contributed by atoms with Crippen molar-refractivity contribution in [1.82, 2.24) is 0 Å². The predicted octanol–water partition coefficient (Wildman–Crippen LogP) is 5.53. The van der Waals surface area contributed by atoms with Crippen LogP contribution in [-0.4, -0.2) is 19.8 Å². The molecule has 4 nitrogen and oxygen atoms in total. The Labute approximate surface area is 160 Å². The highest BCUT2D eigenvalue weighted by Gasteiger charge is 2.06. The van der Waals surface area contributed by atoms with E-state index in [0.717, 1.165) is 35.6 Å². The lowest BCUT2D eigenvalue weighted by atomic mass is 10.1. The van der Waals surface area contributed by atoms with Gasteiger partial charge in [-0.2, -0.15) is 0 Å². The minimum Gasteiger partial charge on any atom is -0.487 e. The molecule has 0 saturated carbocycles. The van der Waals surface area contributed by atoms with Gasteiger partial charge in [-0.25, -0.2) is 0 Å². The fourth-order valence-corrected chi connectivity index (χ4v) is 2.63. The third kappa shape index (κ3) is 5.50. The molecular formula is C23H25NO3. The van der Waals surface area contributed by atoms with Crippen LogP contribution in [0.4, 0.5) is 5.69 Å². The second-order valence-electron chi connectivity index (χ2n) is 6.16. The summed E-state index contributed by atoms with van der Waals surface area (Å²) in [5.74, 6) is 2.15. The lowest BCUT2D eigenvalue weighted by Crippen LogP contribution is -2.07. The molecular weight excluding hydrogens is 338 g/mol. The van der Waals surface area contributed by atoms with Crippen molar-refractivity contribution < 1.29 is 14.2 Å². The molecule has 0 radical (unpaired) electrons. The van der Waals surface area contributed by atoms with Crippen LogP contribution in [0.2, 0.25) is 0 Å². The minimum absolute atomic E-state index is 0.496. The van der Waals surface area contributed by atoms with Crippen molar-refractivity contribution in [3.05, 3.63) is 72.8 Å². The zero-order valence-electron chi connectivity index (χ0n) is 15.6. The van der Waals surface area contributed by atoms with E-state index in [4.69, 9.17) is 19.9 Å². The molecule has 0 atom stereocenters. The summed E-state index contributed by atoms with van der Waals surface area (Å²) in [5.41, 5.74) is 8.74. The number of anilines is 1. The van der Waals surface area contributed by atoms with Crippen molar-refractivity contribution in [2.45, 2.75) is 13.3 Å². The SMILES string of the molecule is CCCOCCOc1ccccc1Oc1ccc(-c2ccc(N)cc2)cc1. The Kier molecular flexibility index (Phi) is 6.72. The molecule has 0 spiro atoms. The van der Waals surface area contributed by atoms with Crippen LogP contribution >= 0.6 is 0 Å². The van der Waals surface area contributed by atoms with E-state index in [1.54, 1.807) is 0 Å². The van der Waals surface area contributed by atoms with Gasteiger partial charge in [-0.05, 0) is 53.9 Å². The van der Waals surface area contributed by atoms with Crippen molar-refractivity contribution >= 4 is 5.69 Å². The Balaban J connectivity index is 1.64. The van der Waals surface area contributed by atoms with Gasteiger partial charge in [0, 0.05) is 12.3 Å². The van der Waals surface area contributed by atoms with Crippen molar-refractivity contribution in [2.24, 2.45) is 0 Å². The maximum Gasteiger partial charge on any atom is 0.169 e. The smallest absolute Gasteiger partial charge is 0.169 e. The summed E-state index contributed by atoms with van der Waals surface area (Å²) in [5, 5.41) is 0. The molecule has 0 aliphatic carbocycles. The lowest BCUT2D eigenvalue weighted by Gasteiger charge is -2.13. The molecule has 0 fully saturated rings. The van der Waals surface area contributed by atoms with E-state index in [2.05, 4.69) is 6.92 Å². The fraction of sp³-hybridized carbons (Fsp3) is 0.217. The first-order valence-electron chi connectivity index (χ1n) is 9.19. The Morgan fingerprint density at radius 2 is 1.33 bits per heavy atom. The zero-order valence-corrected chi connectivity index (χ0v) is 15.6. The van der Waals surface area contributed by atoms with Crippen molar-refractivity contribution in [3.8, 4) is 28.4 Å². The van der Waals surface area contributed by atoms with E-state index >= 15 is 0 Å². The number of nitrogen functional groups attached to an aromatic ring is 1. The van der Waals surface area contributed by atoms with Gasteiger partial charge in [0.25, 0.3) is 0 Å². The summed E-state index contributed by atoms with van der Waals surface area (Å²) in [7, 11) is 0. The number of hydrogen-bond acceptors (Lipinski definition) is 4. The maximum absolute atomic E-state index is 6.01. The molecule has 140 valence electrons. The number of benzene rings is 3. The van der Waals surface area contributed by atoms with Gasteiger partial charge >= 0.3 is 0 Å². The monoisotopic (exact) mass is 363 g/mol. The third-order valence-corrected chi connectivity index (χ3v) is 4.01. The lowest BCUT2D eigenvalue weighted by molar-refractivity contribution is 0.0997. The number of rotatable bonds is 9. The van der Waals surface area contributed by atoms with E-state index in [9.17, 15) is 0 Å². The molecule has 3 rings (SSSR count). The molecule has 0 aliphatic heterocycles. The summed E-state index contributed by atoms with van der Waals surface area (Å²) in [4.78, 5) is 0. The number of ether oxygens (including phenoxy) is 3. The summed E-state index contributed by atoms with van der Waals surface area (Å²) in [6.45, 7) is 3.90. The van der Waals surface area contributed by atoms with Crippen LogP contribution in [0.5, 0.6) is 17.2 Å². The molecule has 0 aliphatic rings. The second kappa shape index (κ2) is 9.64. The van der Waals surface area contributed by atoms with Crippen LogP contribution in [-0.2, 0) is 4.74 Å². The van der Waals surface area contributed by atoms with Crippen LogP contribution in [0.15, 0.2) is 72.8 Å². The Morgan fingerprint density at radius 1 is 0.704 bits per heavy atom. The molecule has 0 bridgehead atoms. The van der Waals surface area contributed by atoms with E-state index in [1.807, 2.05) is 72.8 Å². The highest BCUT2D eigenvalue weighted by molar-refractivity contribution is 5.66. The Bertz CT molecular complexity index is 829. The van der Waals surface area contributed by atoms with E-state index in [-0.39, 0.29) is 0 Å². The molecule has 0 aromatic heterocycles. The normalized spacial score (nSPS) is 10.6. The van der Waals surface area contributed by atoms with Crippen molar-refractivity contribution in [3.63, 3.8) is 0 Å². The fourth-order valence-electron chi connectivity index (χ4n) is 2.63. The van der Waals surface area contributed by atoms with Gasteiger partial charge in [0.05, 0.1) is 6.61 Å². The van der Waals surface area contributed by atoms with Crippen LogP contribution in [0.1, 0.15) is 13.3 Å². The van der Waals surface area contributed by atoms with E-state index in [0.29, 0.717) is 24.7 Å². The van der Waals surface area contributed by atoms with Gasteiger partial charge in [-0.3, -0.25) is 0 Å². The predicted molar refractivity (Wildman–Crippen MR) is 109 cm³/mol. The summed E-state index contributed by atoms with van der Waals surface area (Å²) in [6, 6.07) is 23.4. The molecule has 3 aromatic rings. The average molecular weight is 363 g/mol. The molecule has 4 heteroatoms. The number of para-hydroxylation sites is 2. The van der Waals surface area contributed by atoms with E-state index < -0.39 is 0 Å². The van der Waals surface area contributed by atoms with Crippen molar-refractivity contribution in [1.29, 1.82) is 0 Å². The van der Waals surface area contributed by atoms with Crippen LogP contribution in [0.3, 0.4) is 0 Å². The quantitative estimate of drug-likeness (QED) is 0.401. The topological polar surface area (TPSA) is 53.7 Å². The minimum atomic E-state index is 0.496. The highest BCUT2D eigenvalue weighted by Crippen LogP contribution is 2.32. The van der Waals surface area contributed by atoms with Crippen LogP contribution in [0, 0.1) is 0 Å². The standard InChI is InChI=1S/C23H25NO3/c1-2-15-25-16-17-26-22-5-3-4-6-23(22)27-21-13-9-19(10-14-21)18-7-11-20(24)12-8-18/h3-14H,2,15-17,24H2,1H3. The zero-order chi connectivity index (χ0) is 18.9. The molecule has 2 N–H and O–H groups in total. The van der Waals surface area contributed by atoms with E-state index in [1.165, 1.54) is 0 Å². The number of nitrogens with two attached hydrogens (primary N) is 1. The van der Waals surface area contributed by atoms with Gasteiger partial charge in [0.15, 0.2) is 11.5 Å². The largest absolute Gasteiger partial charge is 0.487 e. The van der Waals surface area contributed by atoms with Crippen molar-refractivity contribution in [2.75, 3.05) is 25.6 Å². The molecule has 0 heterocycles. The van der Waals surface area contributed by atoms with Gasteiger partial charge < -0.3 is 19.9 Å². The Morgan fingerprint density at radius 3 is 2.00 bits per heavy atom. The highest BCUT2D eigenvalue weighted by atomic mass is 16.5. The molecule has 27 heavy (non-hydrogen) atoms. The summed E-state index contributed by atoms with van der Waals surface area (Å²) < 4.78 is 17.3. The van der Waals surface area contributed by atoms with Gasteiger partial charge in [-0.15, -0.1) is 0 Å². The molecule has 0 unspecified atom stereocenters. The first-order chi connectivity index (χ1) is 13.3. The molecule has 3 aromatic carbocycles. The second-order valence-corrected chi connectivity index (χ2v) is 6.16. The number of hydrogen-bond donors (Lipinski definition) is 1. The van der Waals surface area contributed by atoms with Gasteiger partial charge in [0.1, 0.15) is 12.4 Å².